The number of aromatic nitrogens is 1. The van der Waals surface area contributed by atoms with Gasteiger partial charge in [0, 0.05) is 20.1 Å². The minimum absolute atomic E-state index is 0.480. The lowest BCUT2D eigenvalue weighted by Crippen LogP contribution is -1.99. The molecule has 0 unspecified atom stereocenters. The van der Waals surface area contributed by atoms with Crippen molar-refractivity contribution in [1.82, 2.24) is 4.98 Å². The van der Waals surface area contributed by atoms with E-state index >= 15 is 0 Å². The van der Waals surface area contributed by atoms with Crippen molar-refractivity contribution in [2.24, 2.45) is 5.73 Å². The van der Waals surface area contributed by atoms with Crippen molar-refractivity contribution >= 4 is 11.3 Å². The Morgan fingerprint density at radius 1 is 1.29 bits per heavy atom. The third kappa shape index (κ3) is 2.91. The summed E-state index contributed by atoms with van der Waals surface area (Å²) in [4.78, 5) is 5.74. The summed E-state index contributed by atoms with van der Waals surface area (Å²) in [5.41, 5.74) is 7.91. The molecule has 4 heteroatoms. The number of nitrogens with two attached hydrogens (primary N) is 1. The van der Waals surface area contributed by atoms with Crippen LogP contribution in [-0.2, 0) is 17.7 Å². The van der Waals surface area contributed by atoms with E-state index in [-0.39, 0.29) is 0 Å². The third-order valence-corrected chi connectivity index (χ3v) is 3.70. The molecule has 1 aromatic carbocycles. The summed E-state index contributed by atoms with van der Waals surface area (Å²) < 4.78 is 5.07. The molecule has 0 aliphatic rings. The zero-order valence-corrected chi connectivity index (χ0v) is 10.7. The van der Waals surface area contributed by atoms with Gasteiger partial charge in [-0.3, -0.25) is 0 Å². The molecular formula is C13H16N2OS. The molecule has 3 nitrogen and oxygen atoms in total. The molecule has 17 heavy (non-hydrogen) atoms. The van der Waals surface area contributed by atoms with Gasteiger partial charge in [0.25, 0.3) is 0 Å². The number of hydrogen-bond donors (Lipinski definition) is 1. The number of hydrogen-bond acceptors (Lipinski definition) is 4. The standard InChI is InChI=1S/C13H16N2OS/c1-16-8-7-12-15-11(9-14)13(17-12)10-5-3-2-4-6-10/h2-6H,7-9,14H2,1H3. The lowest BCUT2D eigenvalue weighted by Gasteiger charge is -1.98. The quantitative estimate of drug-likeness (QED) is 0.884. The third-order valence-electron chi connectivity index (χ3n) is 2.49. The molecule has 2 rings (SSSR count). The molecule has 2 N–H and O–H groups in total. The SMILES string of the molecule is COCCc1nc(CN)c(-c2ccccc2)s1. The van der Waals surface area contributed by atoms with Gasteiger partial charge in [0.1, 0.15) is 0 Å². The van der Waals surface area contributed by atoms with Crippen LogP contribution in [0.4, 0.5) is 0 Å². The first-order chi connectivity index (χ1) is 8.35. The summed E-state index contributed by atoms with van der Waals surface area (Å²) in [5.74, 6) is 0. The Kier molecular flexibility index (Phi) is 4.25. The molecule has 0 aliphatic carbocycles. The summed E-state index contributed by atoms with van der Waals surface area (Å²) in [6.07, 6.45) is 0.848. The van der Waals surface area contributed by atoms with E-state index in [1.807, 2.05) is 18.2 Å². The number of methoxy groups -OCH3 is 1. The minimum atomic E-state index is 0.480. The Hall–Kier alpha value is -1.23. The zero-order valence-electron chi connectivity index (χ0n) is 9.85. The first-order valence-electron chi connectivity index (χ1n) is 5.58. The van der Waals surface area contributed by atoms with Gasteiger partial charge < -0.3 is 10.5 Å². The molecule has 90 valence electrons. The molecule has 0 aliphatic heterocycles. The second kappa shape index (κ2) is 5.91. The van der Waals surface area contributed by atoms with Crippen LogP contribution < -0.4 is 5.73 Å². The molecular weight excluding hydrogens is 232 g/mol. The van der Waals surface area contributed by atoms with E-state index in [1.54, 1.807) is 18.4 Å². The van der Waals surface area contributed by atoms with Gasteiger partial charge in [0.15, 0.2) is 0 Å². The van der Waals surface area contributed by atoms with Gasteiger partial charge in [-0.15, -0.1) is 11.3 Å². The average Bonchev–Trinajstić information content (AvgIpc) is 2.80. The monoisotopic (exact) mass is 248 g/mol. The predicted molar refractivity (Wildman–Crippen MR) is 71.0 cm³/mol. The molecule has 2 aromatic rings. The van der Waals surface area contributed by atoms with Crippen molar-refractivity contribution in [3.05, 3.63) is 41.0 Å². The van der Waals surface area contributed by atoms with Crippen LogP contribution in [0.3, 0.4) is 0 Å². The van der Waals surface area contributed by atoms with Crippen LogP contribution in [0.25, 0.3) is 10.4 Å². The van der Waals surface area contributed by atoms with Crippen LogP contribution in [0.1, 0.15) is 10.7 Å². The number of thiazole rings is 1. The molecule has 0 spiro atoms. The van der Waals surface area contributed by atoms with Gasteiger partial charge in [0.2, 0.25) is 0 Å². The molecule has 0 atom stereocenters. The van der Waals surface area contributed by atoms with E-state index in [1.165, 1.54) is 10.4 Å². The van der Waals surface area contributed by atoms with Crippen LogP contribution in [0, 0.1) is 0 Å². The van der Waals surface area contributed by atoms with Crippen molar-refractivity contribution in [2.75, 3.05) is 13.7 Å². The minimum Gasteiger partial charge on any atom is -0.384 e. The normalized spacial score (nSPS) is 10.7. The van der Waals surface area contributed by atoms with Gasteiger partial charge in [-0.1, -0.05) is 30.3 Å². The van der Waals surface area contributed by atoms with E-state index in [4.69, 9.17) is 10.5 Å². The highest BCUT2D eigenvalue weighted by molar-refractivity contribution is 7.15. The lowest BCUT2D eigenvalue weighted by atomic mass is 10.1. The second-order valence-corrected chi connectivity index (χ2v) is 4.78. The molecule has 0 saturated carbocycles. The van der Waals surface area contributed by atoms with E-state index in [0.29, 0.717) is 13.2 Å². The largest absolute Gasteiger partial charge is 0.384 e. The van der Waals surface area contributed by atoms with Crippen LogP contribution in [0.5, 0.6) is 0 Å². The van der Waals surface area contributed by atoms with Crippen molar-refractivity contribution in [3.8, 4) is 10.4 Å². The number of ether oxygens (including phenoxy) is 1. The first kappa shape index (κ1) is 12.2. The summed E-state index contributed by atoms with van der Waals surface area (Å²) in [7, 11) is 1.70. The van der Waals surface area contributed by atoms with E-state index in [0.717, 1.165) is 17.1 Å². The van der Waals surface area contributed by atoms with E-state index < -0.39 is 0 Å². The summed E-state index contributed by atoms with van der Waals surface area (Å²) in [6, 6.07) is 10.3. The van der Waals surface area contributed by atoms with Crippen molar-refractivity contribution in [1.29, 1.82) is 0 Å². The maximum Gasteiger partial charge on any atom is 0.0958 e. The van der Waals surface area contributed by atoms with Crippen LogP contribution >= 0.6 is 11.3 Å². The zero-order chi connectivity index (χ0) is 12.1. The van der Waals surface area contributed by atoms with Gasteiger partial charge >= 0.3 is 0 Å². The average molecular weight is 248 g/mol. The first-order valence-corrected chi connectivity index (χ1v) is 6.39. The predicted octanol–water partition coefficient (Wildman–Crippen LogP) is 2.46. The van der Waals surface area contributed by atoms with Gasteiger partial charge in [-0.05, 0) is 5.56 Å². The van der Waals surface area contributed by atoms with Crippen LogP contribution in [0.15, 0.2) is 30.3 Å². The summed E-state index contributed by atoms with van der Waals surface area (Å²) >= 11 is 1.71. The molecule has 1 aromatic heterocycles. The Labute approximate surface area is 105 Å². The highest BCUT2D eigenvalue weighted by Gasteiger charge is 2.11. The Morgan fingerprint density at radius 3 is 2.71 bits per heavy atom. The maximum absolute atomic E-state index is 5.74. The van der Waals surface area contributed by atoms with Gasteiger partial charge in [-0.2, -0.15) is 0 Å². The number of benzene rings is 1. The second-order valence-electron chi connectivity index (χ2n) is 3.70. The summed E-state index contributed by atoms with van der Waals surface area (Å²) in [6.45, 7) is 1.18. The van der Waals surface area contributed by atoms with Crippen LogP contribution in [-0.4, -0.2) is 18.7 Å². The molecule has 0 saturated heterocycles. The van der Waals surface area contributed by atoms with Crippen molar-refractivity contribution < 1.29 is 4.74 Å². The van der Waals surface area contributed by atoms with Gasteiger partial charge in [-0.25, -0.2) is 4.98 Å². The smallest absolute Gasteiger partial charge is 0.0958 e. The summed E-state index contributed by atoms with van der Waals surface area (Å²) in [5, 5.41) is 1.09. The molecule has 0 bridgehead atoms. The topological polar surface area (TPSA) is 48.1 Å². The fraction of sp³-hybridized carbons (Fsp3) is 0.308. The lowest BCUT2D eigenvalue weighted by molar-refractivity contribution is 0.202. The molecule has 0 radical (unpaired) electrons. The highest BCUT2D eigenvalue weighted by Crippen LogP contribution is 2.30. The van der Waals surface area contributed by atoms with Crippen LogP contribution in [0.2, 0.25) is 0 Å². The van der Waals surface area contributed by atoms with Crippen molar-refractivity contribution in [2.45, 2.75) is 13.0 Å². The van der Waals surface area contributed by atoms with Gasteiger partial charge in [0.05, 0.1) is 22.2 Å². The molecule has 1 heterocycles. The Morgan fingerprint density at radius 2 is 2.06 bits per heavy atom. The number of rotatable bonds is 5. The highest BCUT2D eigenvalue weighted by atomic mass is 32.1. The van der Waals surface area contributed by atoms with E-state index in [9.17, 15) is 0 Å². The fourth-order valence-electron chi connectivity index (χ4n) is 1.65. The maximum atomic E-state index is 5.74. The van der Waals surface area contributed by atoms with E-state index in [2.05, 4.69) is 17.1 Å². The fourth-order valence-corrected chi connectivity index (χ4v) is 2.73. The Balaban J connectivity index is 2.30. The molecule has 0 amide bonds. The Bertz CT molecular complexity index is 468. The molecule has 0 fully saturated rings. The van der Waals surface area contributed by atoms with Crippen molar-refractivity contribution in [3.63, 3.8) is 0 Å². The number of nitrogens with zero attached hydrogens (tertiary/aromatic N) is 1.